The summed E-state index contributed by atoms with van der Waals surface area (Å²) in [6.45, 7) is 6.13. The Bertz CT molecular complexity index is 952. The maximum Gasteiger partial charge on any atom is 0.343 e. The van der Waals surface area contributed by atoms with Gasteiger partial charge in [-0.2, -0.15) is 0 Å². The van der Waals surface area contributed by atoms with Crippen LogP contribution in [0.2, 0.25) is 0 Å². The molecule has 0 bridgehead atoms. The first-order valence-corrected chi connectivity index (χ1v) is 11.7. The summed E-state index contributed by atoms with van der Waals surface area (Å²) in [6, 6.07) is 11.2. The molecule has 34 heavy (non-hydrogen) atoms. The van der Waals surface area contributed by atoms with Crippen LogP contribution in [0.4, 0.5) is 0 Å². The molecule has 0 spiro atoms. The van der Waals surface area contributed by atoms with Crippen molar-refractivity contribution in [1.29, 1.82) is 0 Å². The number of hydrogen-bond acceptors (Lipinski definition) is 6. The molecule has 0 unspecified atom stereocenters. The standard InChI is InChI=1S/C27H35NO6/c1-19(2)9-7-5-6-8-10-26(30)28-18-21-11-16-24(25(17-21)32-4)34-27(31)22-12-14-23(15-13-22)33-20(3)29/h11-17,19H,5-10,18H2,1-4H3,(H,28,30). The molecule has 7 heteroatoms. The molecule has 2 rings (SSSR count). The van der Waals surface area contributed by atoms with Gasteiger partial charge in [-0.3, -0.25) is 9.59 Å². The molecule has 1 amide bonds. The number of carbonyl (C=O) groups is 3. The van der Waals surface area contributed by atoms with Gasteiger partial charge < -0.3 is 19.5 Å². The summed E-state index contributed by atoms with van der Waals surface area (Å²) in [4.78, 5) is 35.6. The lowest BCUT2D eigenvalue weighted by Crippen LogP contribution is -2.22. The lowest BCUT2D eigenvalue weighted by atomic mass is 10.0. The van der Waals surface area contributed by atoms with E-state index in [1.807, 2.05) is 0 Å². The van der Waals surface area contributed by atoms with Gasteiger partial charge in [0.2, 0.25) is 5.91 Å². The van der Waals surface area contributed by atoms with Crippen molar-refractivity contribution in [3.05, 3.63) is 53.6 Å². The van der Waals surface area contributed by atoms with Crippen molar-refractivity contribution in [3.8, 4) is 17.2 Å². The van der Waals surface area contributed by atoms with Crippen LogP contribution in [0.5, 0.6) is 17.2 Å². The van der Waals surface area contributed by atoms with Gasteiger partial charge in [-0.1, -0.05) is 45.6 Å². The lowest BCUT2D eigenvalue weighted by Gasteiger charge is -2.12. The Morgan fingerprint density at radius 3 is 2.24 bits per heavy atom. The number of ether oxygens (including phenoxy) is 3. The quantitative estimate of drug-likeness (QED) is 0.238. The summed E-state index contributed by atoms with van der Waals surface area (Å²) in [5.41, 5.74) is 1.14. The summed E-state index contributed by atoms with van der Waals surface area (Å²) >= 11 is 0. The number of esters is 2. The Morgan fingerprint density at radius 2 is 1.59 bits per heavy atom. The molecule has 7 nitrogen and oxygen atoms in total. The van der Waals surface area contributed by atoms with Gasteiger partial charge in [0.05, 0.1) is 12.7 Å². The van der Waals surface area contributed by atoms with Gasteiger partial charge in [0, 0.05) is 19.9 Å². The number of amides is 1. The average molecular weight is 470 g/mol. The molecule has 0 aromatic heterocycles. The summed E-state index contributed by atoms with van der Waals surface area (Å²) < 4.78 is 15.8. The van der Waals surface area contributed by atoms with Crippen molar-refractivity contribution >= 4 is 17.8 Å². The minimum atomic E-state index is -0.567. The van der Waals surface area contributed by atoms with E-state index in [1.54, 1.807) is 18.2 Å². The predicted molar refractivity (Wildman–Crippen MR) is 130 cm³/mol. The first kappa shape index (κ1) is 26.9. The maximum atomic E-state index is 12.5. The van der Waals surface area contributed by atoms with Crippen LogP contribution in [0.25, 0.3) is 0 Å². The summed E-state index contributed by atoms with van der Waals surface area (Å²) in [6.07, 6.45) is 6.10. The molecule has 0 heterocycles. The molecular formula is C27H35NO6. The molecule has 0 aliphatic heterocycles. The Balaban J connectivity index is 1.83. The zero-order chi connectivity index (χ0) is 24.9. The van der Waals surface area contributed by atoms with Crippen molar-refractivity contribution < 1.29 is 28.6 Å². The second-order valence-electron chi connectivity index (χ2n) is 8.62. The third-order valence-electron chi connectivity index (χ3n) is 5.21. The number of benzene rings is 2. The normalized spacial score (nSPS) is 10.6. The third kappa shape index (κ3) is 9.65. The van der Waals surface area contributed by atoms with Crippen molar-refractivity contribution in [3.63, 3.8) is 0 Å². The van der Waals surface area contributed by atoms with Crippen LogP contribution in [0.1, 0.15) is 75.2 Å². The first-order chi connectivity index (χ1) is 16.3. The van der Waals surface area contributed by atoms with Crippen LogP contribution in [-0.4, -0.2) is 25.0 Å². The fraction of sp³-hybridized carbons (Fsp3) is 0.444. The highest BCUT2D eigenvalue weighted by Crippen LogP contribution is 2.29. The Labute approximate surface area is 201 Å². The van der Waals surface area contributed by atoms with E-state index < -0.39 is 11.9 Å². The van der Waals surface area contributed by atoms with Gasteiger partial charge in [0.1, 0.15) is 5.75 Å². The van der Waals surface area contributed by atoms with Crippen LogP contribution >= 0.6 is 0 Å². The Hall–Kier alpha value is -3.35. The number of unbranched alkanes of at least 4 members (excludes halogenated alkanes) is 3. The van der Waals surface area contributed by atoms with Gasteiger partial charge in [0.25, 0.3) is 0 Å². The van der Waals surface area contributed by atoms with Gasteiger partial charge in [0.15, 0.2) is 11.5 Å². The van der Waals surface area contributed by atoms with Crippen LogP contribution in [0, 0.1) is 5.92 Å². The van der Waals surface area contributed by atoms with E-state index in [4.69, 9.17) is 14.2 Å². The fourth-order valence-corrected chi connectivity index (χ4v) is 3.37. The minimum absolute atomic E-state index is 0.0236. The van der Waals surface area contributed by atoms with Crippen molar-refractivity contribution in [2.75, 3.05) is 7.11 Å². The third-order valence-corrected chi connectivity index (χ3v) is 5.21. The number of hydrogen-bond donors (Lipinski definition) is 1. The van der Waals surface area contributed by atoms with E-state index in [0.29, 0.717) is 30.0 Å². The number of methoxy groups -OCH3 is 1. The molecule has 184 valence electrons. The fourth-order valence-electron chi connectivity index (χ4n) is 3.37. The maximum absolute atomic E-state index is 12.5. The average Bonchev–Trinajstić information content (AvgIpc) is 2.80. The van der Waals surface area contributed by atoms with Gasteiger partial charge in [-0.05, 0) is 54.3 Å². The zero-order valence-electron chi connectivity index (χ0n) is 20.5. The molecule has 2 aromatic carbocycles. The van der Waals surface area contributed by atoms with Crippen LogP contribution in [-0.2, 0) is 16.1 Å². The molecule has 0 aliphatic carbocycles. The Morgan fingerprint density at radius 1 is 0.882 bits per heavy atom. The monoisotopic (exact) mass is 469 g/mol. The van der Waals surface area contributed by atoms with Crippen molar-refractivity contribution in [2.45, 2.75) is 65.8 Å². The lowest BCUT2D eigenvalue weighted by molar-refractivity contribution is -0.131. The van der Waals surface area contributed by atoms with E-state index >= 15 is 0 Å². The molecule has 0 saturated heterocycles. The van der Waals surface area contributed by atoms with E-state index in [0.717, 1.165) is 24.3 Å². The van der Waals surface area contributed by atoms with E-state index in [-0.39, 0.29) is 11.7 Å². The molecule has 2 aromatic rings. The smallest absolute Gasteiger partial charge is 0.343 e. The van der Waals surface area contributed by atoms with Gasteiger partial charge in [-0.15, -0.1) is 0 Å². The van der Waals surface area contributed by atoms with E-state index in [2.05, 4.69) is 19.2 Å². The summed E-state index contributed by atoms with van der Waals surface area (Å²) in [5.74, 6) is 0.760. The highest BCUT2D eigenvalue weighted by molar-refractivity contribution is 5.91. The van der Waals surface area contributed by atoms with E-state index in [9.17, 15) is 14.4 Å². The Kier molecular flexibility index (Phi) is 11.1. The minimum Gasteiger partial charge on any atom is -0.493 e. The van der Waals surface area contributed by atoms with Crippen molar-refractivity contribution in [2.24, 2.45) is 5.92 Å². The highest BCUT2D eigenvalue weighted by atomic mass is 16.6. The topological polar surface area (TPSA) is 90.9 Å². The zero-order valence-corrected chi connectivity index (χ0v) is 20.5. The van der Waals surface area contributed by atoms with Crippen molar-refractivity contribution in [1.82, 2.24) is 5.32 Å². The first-order valence-electron chi connectivity index (χ1n) is 11.7. The molecule has 0 fully saturated rings. The summed E-state index contributed by atoms with van der Waals surface area (Å²) in [5, 5.41) is 2.93. The van der Waals surface area contributed by atoms with Crippen LogP contribution in [0.3, 0.4) is 0 Å². The summed E-state index contributed by atoms with van der Waals surface area (Å²) in [7, 11) is 1.49. The van der Waals surface area contributed by atoms with Crippen LogP contribution < -0.4 is 19.5 Å². The largest absolute Gasteiger partial charge is 0.493 e. The predicted octanol–water partition coefficient (Wildman–Crippen LogP) is 5.45. The second-order valence-corrected chi connectivity index (χ2v) is 8.62. The molecule has 0 radical (unpaired) electrons. The number of rotatable bonds is 13. The molecule has 0 aliphatic rings. The number of carbonyl (C=O) groups excluding carboxylic acids is 3. The molecular weight excluding hydrogens is 434 g/mol. The molecule has 1 N–H and O–H groups in total. The van der Waals surface area contributed by atoms with E-state index in [1.165, 1.54) is 57.6 Å². The van der Waals surface area contributed by atoms with Gasteiger partial charge in [-0.25, -0.2) is 4.79 Å². The molecule has 0 saturated carbocycles. The highest BCUT2D eigenvalue weighted by Gasteiger charge is 2.14. The SMILES string of the molecule is COc1cc(CNC(=O)CCCCCCC(C)C)ccc1OC(=O)c1ccc(OC(C)=O)cc1. The molecule has 0 atom stereocenters. The number of nitrogens with one attached hydrogen (secondary N) is 1. The van der Waals surface area contributed by atoms with Crippen LogP contribution in [0.15, 0.2) is 42.5 Å². The second kappa shape index (κ2) is 14.0. The van der Waals surface area contributed by atoms with Gasteiger partial charge >= 0.3 is 11.9 Å².